The second kappa shape index (κ2) is 1.82. The van der Waals surface area contributed by atoms with Crippen LogP contribution in [0.25, 0.3) is 5.65 Å². The molecular weight excluding hydrogens is 148 g/mol. The van der Waals surface area contributed by atoms with Gasteiger partial charge in [-0.3, -0.25) is 0 Å². The molecule has 0 amide bonds. The normalized spacial score (nSPS) is 10.5. The van der Waals surface area contributed by atoms with Gasteiger partial charge in [0.05, 0.1) is 12.3 Å². The Morgan fingerprint density at radius 1 is 1.36 bits per heavy atom. The topological polar surface area (TPSA) is 83.5 Å². The van der Waals surface area contributed by atoms with Crippen molar-refractivity contribution < 1.29 is 10.2 Å². The van der Waals surface area contributed by atoms with Gasteiger partial charge in [-0.15, -0.1) is 5.10 Å². The lowest BCUT2D eigenvalue weighted by Crippen LogP contribution is -1.90. The van der Waals surface area contributed by atoms with Crippen molar-refractivity contribution in [2.45, 2.75) is 0 Å². The predicted molar refractivity (Wildman–Crippen MR) is 34.1 cm³/mol. The summed E-state index contributed by atoms with van der Waals surface area (Å²) < 4.78 is 1.11. The third-order valence-corrected chi connectivity index (χ3v) is 1.24. The molecule has 0 aliphatic carbocycles. The molecule has 2 aromatic rings. The molecule has 0 atom stereocenters. The molecule has 0 saturated heterocycles. The first-order valence-electron chi connectivity index (χ1n) is 2.87. The van der Waals surface area contributed by atoms with Crippen LogP contribution in [-0.2, 0) is 0 Å². The summed E-state index contributed by atoms with van der Waals surface area (Å²) in [6.07, 6.45) is 1.33. The Bertz CT molecular complexity index is 396. The maximum absolute atomic E-state index is 9.10. The molecule has 2 heterocycles. The summed E-state index contributed by atoms with van der Waals surface area (Å²) in [5.74, 6) is -0.442. The van der Waals surface area contributed by atoms with Gasteiger partial charge in [-0.2, -0.15) is 9.50 Å². The molecule has 0 spiro atoms. The van der Waals surface area contributed by atoms with Crippen LogP contribution < -0.4 is 0 Å². The number of fused-ring (bicyclic) bond motifs is 1. The van der Waals surface area contributed by atoms with E-state index in [1.54, 1.807) is 0 Å². The van der Waals surface area contributed by atoms with Crippen LogP contribution in [0.3, 0.4) is 0 Å². The minimum atomic E-state index is -0.252. The second-order valence-electron chi connectivity index (χ2n) is 1.98. The largest absolute Gasteiger partial charge is 0.493 e. The maximum atomic E-state index is 9.10. The van der Waals surface area contributed by atoms with Gasteiger partial charge in [0.1, 0.15) is 0 Å². The van der Waals surface area contributed by atoms with Crippen LogP contribution in [0.5, 0.6) is 11.8 Å². The van der Waals surface area contributed by atoms with E-state index >= 15 is 0 Å². The summed E-state index contributed by atoms with van der Waals surface area (Å²) in [7, 11) is 0. The van der Waals surface area contributed by atoms with Crippen molar-refractivity contribution in [1.29, 1.82) is 0 Å². The van der Waals surface area contributed by atoms with Crippen molar-refractivity contribution in [3.8, 4) is 11.8 Å². The Labute approximate surface area is 60.7 Å². The van der Waals surface area contributed by atoms with Gasteiger partial charge in [0.2, 0.25) is 11.8 Å². The highest BCUT2D eigenvalue weighted by atomic mass is 16.3. The Morgan fingerprint density at radius 3 is 3.00 bits per heavy atom. The SMILES string of the molecule is Oc1cc(O)n2nncc2n1. The fourth-order valence-corrected chi connectivity index (χ4v) is 0.795. The fourth-order valence-electron chi connectivity index (χ4n) is 0.795. The number of hydrogen-bond donors (Lipinski definition) is 2. The van der Waals surface area contributed by atoms with Gasteiger partial charge in [0.25, 0.3) is 0 Å². The Balaban J connectivity index is 2.91. The van der Waals surface area contributed by atoms with Crippen molar-refractivity contribution >= 4 is 5.65 Å². The lowest BCUT2D eigenvalue weighted by molar-refractivity contribution is 0.411. The van der Waals surface area contributed by atoms with E-state index in [1.165, 1.54) is 6.20 Å². The van der Waals surface area contributed by atoms with E-state index in [1.807, 2.05) is 0 Å². The minimum absolute atomic E-state index is 0.190. The summed E-state index contributed by atoms with van der Waals surface area (Å²) in [5.41, 5.74) is 0.308. The van der Waals surface area contributed by atoms with Gasteiger partial charge in [-0.05, 0) is 0 Å². The van der Waals surface area contributed by atoms with Crippen LogP contribution in [0.2, 0.25) is 0 Å². The highest BCUT2D eigenvalue weighted by molar-refractivity contribution is 5.39. The average molecular weight is 152 g/mol. The molecule has 11 heavy (non-hydrogen) atoms. The Kier molecular flexibility index (Phi) is 0.974. The van der Waals surface area contributed by atoms with Crippen LogP contribution in [0.15, 0.2) is 12.3 Å². The van der Waals surface area contributed by atoms with Gasteiger partial charge >= 0.3 is 0 Å². The first-order chi connectivity index (χ1) is 5.27. The molecule has 2 N–H and O–H groups in total. The molecule has 0 fully saturated rings. The fraction of sp³-hybridized carbons (Fsp3) is 0. The van der Waals surface area contributed by atoms with E-state index in [0.717, 1.165) is 10.6 Å². The van der Waals surface area contributed by atoms with Crippen LogP contribution in [0.1, 0.15) is 0 Å². The van der Waals surface area contributed by atoms with Gasteiger partial charge in [0.15, 0.2) is 5.65 Å². The highest BCUT2D eigenvalue weighted by Crippen LogP contribution is 2.14. The first kappa shape index (κ1) is 5.90. The first-order valence-corrected chi connectivity index (χ1v) is 2.87. The summed E-state index contributed by atoms with van der Waals surface area (Å²) in [6.45, 7) is 0. The van der Waals surface area contributed by atoms with Crippen molar-refractivity contribution in [2.75, 3.05) is 0 Å². The molecule has 6 heteroatoms. The smallest absolute Gasteiger partial charge is 0.220 e. The molecule has 0 aromatic carbocycles. The third-order valence-electron chi connectivity index (χ3n) is 1.24. The molecule has 6 nitrogen and oxygen atoms in total. The monoisotopic (exact) mass is 152 g/mol. The van der Waals surface area contributed by atoms with E-state index in [2.05, 4.69) is 15.3 Å². The zero-order valence-electron chi connectivity index (χ0n) is 5.34. The number of hydrogen-bond acceptors (Lipinski definition) is 5. The van der Waals surface area contributed by atoms with Crippen molar-refractivity contribution in [3.63, 3.8) is 0 Å². The van der Waals surface area contributed by atoms with Crippen LogP contribution in [-0.4, -0.2) is 30.0 Å². The molecule has 0 saturated carbocycles. The second-order valence-corrected chi connectivity index (χ2v) is 1.98. The van der Waals surface area contributed by atoms with Crippen LogP contribution in [0.4, 0.5) is 0 Å². The lowest BCUT2D eigenvalue weighted by atomic mass is 10.6. The van der Waals surface area contributed by atoms with E-state index in [4.69, 9.17) is 10.2 Å². The number of rotatable bonds is 0. The molecule has 0 bridgehead atoms. The van der Waals surface area contributed by atoms with E-state index in [9.17, 15) is 0 Å². The lowest BCUT2D eigenvalue weighted by Gasteiger charge is -1.94. The van der Waals surface area contributed by atoms with E-state index in [-0.39, 0.29) is 11.8 Å². The zero-order valence-corrected chi connectivity index (χ0v) is 5.34. The number of aromatic hydroxyl groups is 2. The Morgan fingerprint density at radius 2 is 2.18 bits per heavy atom. The Hall–Kier alpha value is -1.85. The number of nitrogens with zero attached hydrogens (tertiary/aromatic N) is 4. The van der Waals surface area contributed by atoms with Gasteiger partial charge in [-0.25, -0.2) is 0 Å². The zero-order chi connectivity index (χ0) is 7.84. The molecular formula is C5H4N4O2. The van der Waals surface area contributed by atoms with Crippen LogP contribution in [0, 0.1) is 0 Å². The van der Waals surface area contributed by atoms with Crippen molar-refractivity contribution in [3.05, 3.63) is 12.3 Å². The number of aromatic nitrogens is 4. The molecule has 56 valence electrons. The standard InChI is InChI=1S/C5H4N4O2/c10-4-1-5(11)9-3(7-4)2-6-8-9/h1-2,11H,(H,7,10). The predicted octanol–water partition coefficient (Wildman–Crippen LogP) is -0.465. The molecule has 0 aliphatic rings. The summed E-state index contributed by atoms with van der Waals surface area (Å²) in [4.78, 5) is 3.63. The molecule has 2 aromatic heterocycles. The van der Waals surface area contributed by atoms with Gasteiger partial charge < -0.3 is 10.2 Å². The molecule has 0 unspecified atom stereocenters. The van der Waals surface area contributed by atoms with Crippen LogP contribution >= 0.6 is 0 Å². The maximum Gasteiger partial charge on any atom is 0.220 e. The summed E-state index contributed by atoms with van der Waals surface area (Å²) >= 11 is 0. The van der Waals surface area contributed by atoms with Crippen molar-refractivity contribution in [1.82, 2.24) is 19.8 Å². The van der Waals surface area contributed by atoms with E-state index < -0.39 is 0 Å². The summed E-state index contributed by atoms with van der Waals surface area (Å²) in [5, 5.41) is 25.0. The third kappa shape index (κ3) is 0.759. The molecule has 2 rings (SSSR count). The van der Waals surface area contributed by atoms with Crippen molar-refractivity contribution in [2.24, 2.45) is 0 Å². The van der Waals surface area contributed by atoms with E-state index in [0.29, 0.717) is 5.65 Å². The quantitative estimate of drug-likeness (QED) is 0.533. The molecule has 0 radical (unpaired) electrons. The minimum Gasteiger partial charge on any atom is -0.493 e. The summed E-state index contributed by atoms with van der Waals surface area (Å²) in [6, 6.07) is 1.08. The van der Waals surface area contributed by atoms with Gasteiger partial charge in [-0.1, -0.05) is 5.21 Å². The van der Waals surface area contributed by atoms with Gasteiger partial charge in [0, 0.05) is 0 Å². The molecule has 0 aliphatic heterocycles. The highest BCUT2D eigenvalue weighted by Gasteiger charge is 2.03. The average Bonchev–Trinajstić information content (AvgIpc) is 2.34.